The van der Waals surface area contributed by atoms with Crippen molar-refractivity contribution in [1.29, 1.82) is 0 Å². The maximum atomic E-state index is 11.8. The summed E-state index contributed by atoms with van der Waals surface area (Å²) in [5.41, 5.74) is 0.364. The topological polar surface area (TPSA) is 114 Å². The zero-order chi connectivity index (χ0) is 17.5. The molecule has 24 heavy (non-hydrogen) atoms. The van der Waals surface area contributed by atoms with Crippen LogP contribution >= 0.6 is 0 Å². The van der Waals surface area contributed by atoms with Gasteiger partial charge in [-0.05, 0) is 25.0 Å². The maximum Gasteiger partial charge on any atom is 0.341 e. The van der Waals surface area contributed by atoms with Crippen molar-refractivity contribution in [3.63, 3.8) is 0 Å². The number of hydrogen-bond acceptors (Lipinski definition) is 6. The first kappa shape index (κ1) is 17.5. The summed E-state index contributed by atoms with van der Waals surface area (Å²) < 4.78 is 5.01. The standard InChI is InChI=1S/C15H19N3O6/c1-11(23-15(21)13-5-3-2-4-6-13)24-16-18(22)17-9-7-12(8-10-17)14(19)20/h2-6,11-12H,7-10H2,1H3,(H,19,20)/b18-16-. The highest BCUT2D eigenvalue weighted by Gasteiger charge is 2.28. The van der Waals surface area contributed by atoms with Gasteiger partial charge in [-0.2, -0.15) is 0 Å². The number of benzene rings is 1. The molecule has 0 spiro atoms. The molecule has 1 aromatic rings. The molecule has 0 aromatic heterocycles. The first-order valence-corrected chi connectivity index (χ1v) is 7.55. The van der Waals surface area contributed by atoms with Crippen molar-refractivity contribution in [2.24, 2.45) is 11.2 Å². The monoisotopic (exact) mass is 337 g/mol. The van der Waals surface area contributed by atoms with Gasteiger partial charge in [0.15, 0.2) is 0 Å². The molecule has 130 valence electrons. The summed E-state index contributed by atoms with van der Waals surface area (Å²) in [5.74, 6) is -1.89. The van der Waals surface area contributed by atoms with E-state index in [1.165, 1.54) is 11.9 Å². The zero-order valence-corrected chi connectivity index (χ0v) is 13.2. The fourth-order valence-electron chi connectivity index (χ4n) is 2.26. The van der Waals surface area contributed by atoms with E-state index in [9.17, 15) is 14.8 Å². The Balaban J connectivity index is 1.80. The largest absolute Gasteiger partial charge is 0.569 e. The number of aliphatic carboxylic acids is 1. The van der Waals surface area contributed by atoms with Crippen LogP contribution in [-0.2, 0) is 14.4 Å². The average molecular weight is 337 g/mol. The van der Waals surface area contributed by atoms with Crippen molar-refractivity contribution in [1.82, 2.24) is 5.01 Å². The molecule has 1 N–H and O–H groups in total. The summed E-state index contributed by atoms with van der Waals surface area (Å²) in [5, 5.41) is 25.4. The SMILES string of the molecule is CC(O/N=[N+](\[O-])N1CCC(C(=O)O)CC1)OC(=O)c1ccccc1. The zero-order valence-electron chi connectivity index (χ0n) is 13.2. The number of carboxylic acid groups (broad SMARTS) is 1. The second kappa shape index (κ2) is 8.14. The molecular formula is C15H19N3O6. The summed E-state index contributed by atoms with van der Waals surface area (Å²) in [6.45, 7) is 1.98. The molecule has 1 aliphatic heterocycles. The molecular weight excluding hydrogens is 318 g/mol. The van der Waals surface area contributed by atoms with Gasteiger partial charge in [0, 0.05) is 6.92 Å². The Morgan fingerprint density at radius 1 is 1.33 bits per heavy atom. The van der Waals surface area contributed by atoms with Crippen molar-refractivity contribution >= 4 is 11.9 Å². The van der Waals surface area contributed by atoms with Gasteiger partial charge in [-0.1, -0.05) is 18.2 Å². The Labute approximate surface area is 138 Å². The Hall–Kier alpha value is -2.84. The fraction of sp³-hybridized carbons (Fsp3) is 0.467. The minimum Gasteiger partial charge on any atom is -0.569 e. The highest BCUT2D eigenvalue weighted by molar-refractivity contribution is 5.89. The number of hydrazine groups is 1. The van der Waals surface area contributed by atoms with Crippen LogP contribution in [0.1, 0.15) is 30.1 Å². The van der Waals surface area contributed by atoms with Gasteiger partial charge < -0.3 is 15.1 Å². The normalized spacial score (nSPS) is 17.2. The first-order valence-electron chi connectivity index (χ1n) is 7.55. The van der Waals surface area contributed by atoms with Gasteiger partial charge in [-0.15, -0.1) is 5.01 Å². The van der Waals surface area contributed by atoms with Crippen LogP contribution in [0.4, 0.5) is 0 Å². The van der Waals surface area contributed by atoms with E-state index in [1.807, 2.05) is 0 Å². The summed E-state index contributed by atoms with van der Waals surface area (Å²) in [6.07, 6.45) is -0.310. The number of rotatable bonds is 6. The second-order valence-electron chi connectivity index (χ2n) is 5.34. The summed E-state index contributed by atoms with van der Waals surface area (Å²) in [4.78, 5) is 27.8. The number of carboxylic acids is 1. The lowest BCUT2D eigenvalue weighted by Crippen LogP contribution is -2.40. The van der Waals surface area contributed by atoms with Gasteiger partial charge in [-0.3, -0.25) is 9.63 Å². The summed E-state index contributed by atoms with van der Waals surface area (Å²) in [6, 6.07) is 8.37. The van der Waals surface area contributed by atoms with Gasteiger partial charge in [0.05, 0.1) is 29.5 Å². The first-order chi connectivity index (χ1) is 11.5. The third kappa shape index (κ3) is 4.83. The molecule has 1 fully saturated rings. The van der Waals surface area contributed by atoms with Gasteiger partial charge in [0.25, 0.3) is 6.29 Å². The number of hydrogen-bond donors (Lipinski definition) is 1. The predicted molar refractivity (Wildman–Crippen MR) is 80.4 cm³/mol. The van der Waals surface area contributed by atoms with Crippen molar-refractivity contribution in [3.8, 4) is 0 Å². The molecule has 1 unspecified atom stereocenters. The molecule has 0 aliphatic carbocycles. The van der Waals surface area contributed by atoms with Crippen molar-refractivity contribution in [3.05, 3.63) is 41.1 Å². The number of carbonyl (C=O) groups excluding carboxylic acids is 1. The van der Waals surface area contributed by atoms with Crippen LogP contribution in [0, 0.1) is 11.1 Å². The molecule has 9 heteroatoms. The quantitative estimate of drug-likeness (QED) is 0.277. The number of piperidine rings is 1. The molecule has 9 nitrogen and oxygen atoms in total. The van der Waals surface area contributed by atoms with E-state index in [1.54, 1.807) is 30.3 Å². The van der Waals surface area contributed by atoms with E-state index >= 15 is 0 Å². The van der Waals surface area contributed by atoms with Gasteiger partial charge >= 0.3 is 11.9 Å². The summed E-state index contributed by atoms with van der Waals surface area (Å²) >= 11 is 0. The average Bonchev–Trinajstić information content (AvgIpc) is 2.60. The minimum absolute atomic E-state index is 0.255. The number of nitrogens with zero attached hydrogens (tertiary/aromatic N) is 3. The van der Waals surface area contributed by atoms with Crippen LogP contribution in [0.2, 0.25) is 0 Å². The molecule has 1 aromatic carbocycles. The van der Waals surface area contributed by atoms with E-state index < -0.39 is 24.1 Å². The van der Waals surface area contributed by atoms with E-state index in [0.717, 1.165) is 0 Å². The van der Waals surface area contributed by atoms with E-state index in [-0.39, 0.29) is 18.1 Å². The van der Waals surface area contributed by atoms with Crippen LogP contribution < -0.4 is 0 Å². The number of esters is 1. The number of ether oxygens (including phenoxy) is 1. The Kier molecular flexibility index (Phi) is 5.94. The Morgan fingerprint density at radius 2 is 1.96 bits per heavy atom. The van der Waals surface area contributed by atoms with Gasteiger partial charge in [0.2, 0.25) is 5.28 Å². The second-order valence-corrected chi connectivity index (χ2v) is 5.34. The lowest BCUT2D eigenvalue weighted by Gasteiger charge is -2.25. The molecule has 1 aliphatic rings. The third-order valence-corrected chi connectivity index (χ3v) is 3.61. The molecule has 0 radical (unpaired) electrons. The van der Waals surface area contributed by atoms with E-state index in [2.05, 4.69) is 5.28 Å². The lowest BCUT2D eigenvalue weighted by molar-refractivity contribution is -0.715. The molecule has 2 rings (SSSR count). The molecule has 0 saturated carbocycles. The fourth-order valence-corrected chi connectivity index (χ4v) is 2.26. The van der Waals surface area contributed by atoms with Crippen LogP contribution in [-0.4, -0.2) is 46.4 Å². The smallest absolute Gasteiger partial charge is 0.341 e. The highest BCUT2D eigenvalue weighted by atomic mass is 16.8. The summed E-state index contributed by atoms with van der Waals surface area (Å²) in [7, 11) is 0. The van der Waals surface area contributed by atoms with Crippen LogP contribution in [0.25, 0.3) is 0 Å². The highest BCUT2D eigenvalue weighted by Crippen LogP contribution is 2.17. The van der Waals surface area contributed by atoms with Crippen molar-refractivity contribution < 1.29 is 29.2 Å². The Morgan fingerprint density at radius 3 is 2.54 bits per heavy atom. The maximum absolute atomic E-state index is 11.8. The third-order valence-electron chi connectivity index (χ3n) is 3.61. The predicted octanol–water partition coefficient (Wildman–Crippen LogP) is 1.80. The van der Waals surface area contributed by atoms with Gasteiger partial charge in [0.1, 0.15) is 0 Å². The molecule has 0 bridgehead atoms. The van der Waals surface area contributed by atoms with Crippen molar-refractivity contribution in [2.75, 3.05) is 13.1 Å². The van der Waals surface area contributed by atoms with Gasteiger partial charge in [-0.25, -0.2) is 4.79 Å². The minimum atomic E-state index is -1.04. The lowest BCUT2D eigenvalue weighted by atomic mass is 9.98. The van der Waals surface area contributed by atoms with Crippen LogP contribution in [0.15, 0.2) is 35.6 Å². The number of carbonyl (C=O) groups is 2. The molecule has 1 atom stereocenters. The van der Waals surface area contributed by atoms with E-state index in [0.29, 0.717) is 18.4 Å². The molecule has 1 heterocycles. The molecule has 1 saturated heterocycles. The van der Waals surface area contributed by atoms with Crippen molar-refractivity contribution in [2.45, 2.75) is 26.1 Å². The molecule has 0 amide bonds. The van der Waals surface area contributed by atoms with E-state index in [4.69, 9.17) is 14.7 Å². The van der Waals surface area contributed by atoms with Crippen LogP contribution in [0.3, 0.4) is 0 Å². The Bertz CT molecular complexity index is 598. The van der Waals surface area contributed by atoms with Crippen LogP contribution in [0.5, 0.6) is 0 Å².